The second-order valence-electron chi connectivity index (χ2n) is 8.18. The second kappa shape index (κ2) is 11.4. The third-order valence-corrected chi connectivity index (χ3v) is 5.85. The van der Waals surface area contributed by atoms with E-state index < -0.39 is 0 Å². The first kappa shape index (κ1) is 22.7. The lowest BCUT2D eigenvalue weighted by Crippen LogP contribution is -2.35. The van der Waals surface area contributed by atoms with Crippen LogP contribution in [0.5, 0.6) is 0 Å². The summed E-state index contributed by atoms with van der Waals surface area (Å²) in [4.78, 5) is 31.9. The lowest BCUT2D eigenvalue weighted by Gasteiger charge is -2.24. The number of carbonyl (C=O) groups is 2. The summed E-state index contributed by atoms with van der Waals surface area (Å²) in [6.45, 7) is 2.60. The Morgan fingerprint density at radius 2 is 1.73 bits per heavy atom. The van der Waals surface area contributed by atoms with Crippen LogP contribution in [0, 0.1) is 0 Å². The summed E-state index contributed by atoms with van der Waals surface area (Å²) in [5.41, 5.74) is 2.42. The van der Waals surface area contributed by atoms with Crippen LogP contribution in [0.3, 0.4) is 0 Å². The summed E-state index contributed by atoms with van der Waals surface area (Å²) < 4.78 is 1.62. The molecule has 0 spiro atoms. The van der Waals surface area contributed by atoms with Gasteiger partial charge in [-0.25, -0.2) is 9.67 Å². The number of nitrogens with one attached hydrogen (secondary N) is 2. The SMILES string of the molecule is O=C1CC(c2ccccc2)NCCCN(C(=O)c2ccccc2-n2cncn2)CCCCN1. The van der Waals surface area contributed by atoms with Gasteiger partial charge in [-0.1, -0.05) is 42.5 Å². The molecule has 0 radical (unpaired) electrons. The Morgan fingerprint density at radius 1 is 0.939 bits per heavy atom. The van der Waals surface area contributed by atoms with E-state index in [2.05, 4.69) is 20.7 Å². The smallest absolute Gasteiger partial charge is 0.256 e. The molecular weight excluding hydrogens is 416 g/mol. The number of amides is 2. The zero-order valence-corrected chi connectivity index (χ0v) is 18.7. The molecule has 0 bridgehead atoms. The van der Waals surface area contributed by atoms with E-state index in [0.29, 0.717) is 38.2 Å². The van der Waals surface area contributed by atoms with E-state index in [1.54, 1.807) is 11.0 Å². The molecule has 2 N–H and O–H groups in total. The molecule has 3 aromatic rings. The summed E-state index contributed by atoms with van der Waals surface area (Å²) >= 11 is 0. The van der Waals surface area contributed by atoms with Crippen molar-refractivity contribution >= 4 is 11.8 Å². The fraction of sp³-hybridized carbons (Fsp3) is 0.360. The molecular formula is C25H30N6O2. The van der Waals surface area contributed by atoms with Crippen LogP contribution in [0.15, 0.2) is 67.3 Å². The van der Waals surface area contributed by atoms with Crippen molar-refractivity contribution in [2.45, 2.75) is 31.7 Å². The first-order valence-corrected chi connectivity index (χ1v) is 11.5. The average Bonchev–Trinajstić information content (AvgIpc) is 3.39. The van der Waals surface area contributed by atoms with Gasteiger partial charge in [-0.15, -0.1) is 0 Å². The van der Waals surface area contributed by atoms with Gasteiger partial charge in [-0.3, -0.25) is 9.59 Å². The van der Waals surface area contributed by atoms with Gasteiger partial charge in [-0.05, 0) is 43.5 Å². The molecule has 1 unspecified atom stereocenters. The van der Waals surface area contributed by atoms with E-state index >= 15 is 0 Å². The van der Waals surface area contributed by atoms with Crippen molar-refractivity contribution in [2.24, 2.45) is 0 Å². The molecule has 1 fully saturated rings. The molecule has 172 valence electrons. The summed E-state index contributed by atoms with van der Waals surface area (Å²) in [7, 11) is 0. The normalized spacial score (nSPS) is 18.5. The van der Waals surface area contributed by atoms with E-state index in [4.69, 9.17) is 0 Å². The van der Waals surface area contributed by atoms with Crippen molar-refractivity contribution in [3.8, 4) is 5.69 Å². The Hall–Kier alpha value is -3.52. The summed E-state index contributed by atoms with van der Waals surface area (Å²) in [5, 5.41) is 10.7. The van der Waals surface area contributed by atoms with Gasteiger partial charge in [0.05, 0.1) is 11.3 Å². The Kier molecular flexibility index (Phi) is 7.81. The van der Waals surface area contributed by atoms with Crippen LogP contribution >= 0.6 is 0 Å². The quantitative estimate of drug-likeness (QED) is 0.646. The number of para-hydroxylation sites is 1. The Balaban J connectivity index is 1.48. The van der Waals surface area contributed by atoms with Gasteiger partial charge in [0.15, 0.2) is 0 Å². The average molecular weight is 447 g/mol. The first-order valence-electron chi connectivity index (χ1n) is 11.5. The van der Waals surface area contributed by atoms with E-state index in [0.717, 1.165) is 30.5 Å². The van der Waals surface area contributed by atoms with Crippen LogP contribution in [0.4, 0.5) is 0 Å². The molecule has 2 heterocycles. The molecule has 1 aliphatic rings. The van der Waals surface area contributed by atoms with Crippen LogP contribution in [0.1, 0.15) is 47.6 Å². The zero-order valence-electron chi connectivity index (χ0n) is 18.7. The number of rotatable bonds is 3. The maximum Gasteiger partial charge on any atom is 0.256 e. The maximum absolute atomic E-state index is 13.5. The van der Waals surface area contributed by atoms with Crippen molar-refractivity contribution in [1.29, 1.82) is 0 Å². The highest BCUT2D eigenvalue weighted by atomic mass is 16.2. The highest BCUT2D eigenvalue weighted by Gasteiger charge is 2.21. The number of carbonyl (C=O) groups excluding carboxylic acids is 2. The van der Waals surface area contributed by atoms with Gasteiger partial charge >= 0.3 is 0 Å². The second-order valence-corrected chi connectivity index (χ2v) is 8.18. The van der Waals surface area contributed by atoms with Crippen molar-refractivity contribution in [1.82, 2.24) is 30.3 Å². The fourth-order valence-electron chi connectivity index (χ4n) is 4.12. The molecule has 2 amide bonds. The van der Waals surface area contributed by atoms with Gasteiger partial charge in [0.2, 0.25) is 5.91 Å². The van der Waals surface area contributed by atoms with Crippen molar-refractivity contribution in [2.75, 3.05) is 26.2 Å². The molecule has 2 aromatic carbocycles. The Morgan fingerprint density at radius 3 is 2.55 bits per heavy atom. The minimum Gasteiger partial charge on any atom is -0.356 e. The number of hydrogen-bond donors (Lipinski definition) is 2. The van der Waals surface area contributed by atoms with E-state index in [1.807, 2.05) is 59.5 Å². The molecule has 1 atom stereocenters. The highest BCUT2D eigenvalue weighted by molar-refractivity contribution is 5.97. The number of nitrogens with zero attached hydrogens (tertiary/aromatic N) is 4. The van der Waals surface area contributed by atoms with E-state index in [1.165, 1.54) is 6.33 Å². The summed E-state index contributed by atoms with van der Waals surface area (Å²) in [5.74, 6) is 0.0323. The van der Waals surface area contributed by atoms with Crippen LogP contribution in [0.2, 0.25) is 0 Å². The first-order chi connectivity index (χ1) is 16.2. The van der Waals surface area contributed by atoms with Gasteiger partial charge in [0, 0.05) is 32.1 Å². The van der Waals surface area contributed by atoms with Gasteiger partial charge in [0.1, 0.15) is 12.7 Å². The predicted molar refractivity (Wildman–Crippen MR) is 126 cm³/mol. The summed E-state index contributed by atoms with van der Waals surface area (Å²) in [6.07, 6.45) is 5.91. The molecule has 4 rings (SSSR count). The topological polar surface area (TPSA) is 92.2 Å². The van der Waals surface area contributed by atoms with Gasteiger partial charge < -0.3 is 15.5 Å². The third-order valence-electron chi connectivity index (χ3n) is 5.85. The van der Waals surface area contributed by atoms with Crippen molar-refractivity contribution < 1.29 is 9.59 Å². The van der Waals surface area contributed by atoms with E-state index in [-0.39, 0.29) is 17.9 Å². The van der Waals surface area contributed by atoms with Crippen molar-refractivity contribution in [3.63, 3.8) is 0 Å². The molecule has 8 nitrogen and oxygen atoms in total. The van der Waals surface area contributed by atoms with Gasteiger partial charge in [0.25, 0.3) is 5.91 Å². The number of benzene rings is 2. The lowest BCUT2D eigenvalue weighted by atomic mass is 10.0. The standard InChI is InChI=1S/C25H30N6O2/c32-24-17-22(20-9-2-1-3-10-20)27-14-8-16-30(15-7-6-13-28-24)25(33)21-11-4-5-12-23(21)31-19-26-18-29-31/h1-5,9-12,18-19,22,27H,6-8,13-17H2,(H,28,32). The molecule has 1 aromatic heterocycles. The van der Waals surface area contributed by atoms with Crippen LogP contribution in [-0.4, -0.2) is 57.7 Å². The van der Waals surface area contributed by atoms with Crippen molar-refractivity contribution in [3.05, 3.63) is 78.4 Å². The fourth-order valence-corrected chi connectivity index (χ4v) is 4.12. The molecule has 33 heavy (non-hydrogen) atoms. The largest absolute Gasteiger partial charge is 0.356 e. The Labute approximate surface area is 194 Å². The Bertz CT molecular complexity index is 1040. The zero-order chi connectivity index (χ0) is 22.9. The minimum atomic E-state index is -0.0517. The molecule has 8 heteroatoms. The van der Waals surface area contributed by atoms with Crippen LogP contribution in [-0.2, 0) is 4.79 Å². The molecule has 0 aliphatic carbocycles. The molecule has 1 aliphatic heterocycles. The summed E-state index contributed by atoms with van der Waals surface area (Å²) in [6, 6.07) is 17.5. The van der Waals surface area contributed by atoms with E-state index in [9.17, 15) is 9.59 Å². The monoisotopic (exact) mass is 446 g/mol. The van der Waals surface area contributed by atoms with Crippen LogP contribution in [0.25, 0.3) is 5.69 Å². The molecule has 1 saturated heterocycles. The minimum absolute atomic E-state index is 0.0142. The third kappa shape index (κ3) is 6.04. The number of aromatic nitrogens is 3. The highest BCUT2D eigenvalue weighted by Crippen LogP contribution is 2.18. The lowest BCUT2D eigenvalue weighted by molar-refractivity contribution is -0.121. The van der Waals surface area contributed by atoms with Gasteiger partial charge in [-0.2, -0.15) is 5.10 Å². The number of hydrogen-bond acceptors (Lipinski definition) is 5. The van der Waals surface area contributed by atoms with Crippen LogP contribution < -0.4 is 10.6 Å². The predicted octanol–water partition coefficient (Wildman–Crippen LogP) is 2.73. The molecule has 0 saturated carbocycles. The maximum atomic E-state index is 13.5.